The molecular weight excluding hydrogens is 328 g/mol. The molecule has 1 heterocycles. The van der Waals surface area contributed by atoms with Crippen molar-refractivity contribution in [3.05, 3.63) is 23.2 Å². The zero-order chi connectivity index (χ0) is 18.9. The topological polar surface area (TPSA) is 52.6 Å². The minimum atomic E-state index is -0.369. The number of methoxy groups -OCH3 is 1. The van der Waals surface area contributed by atoms with Crippen LogP contribution in [0, 0.1) is 22.7 Å². The van der Waals surface area contributed by atoms with E-state index in [1.165, 1.54) is 32.4 Å². The molecule has 4 heteroatoms. The lowest BCUT2D eigenvalue weighted by atomic mass is 9.44. The van der Waals surface area contributed by atoms with Gasteiger partial charge in [0.05, 0.1) is 7.11 Å². The van der Waals surface area contributed by atoms with Gasteiger partial charge in [-0.05, 0) is 55.8 Å². The van der Waals surface area contributed by atoms with Crippen molar-refractivity contribution in [2.24, 2.45) is 22.7 Å². The molecule has 4 atom stereocenters. The maximum Gasteiger partial charge on any atom is 0.227 e. The van der Waals surface area contributed by atoms with E-state index in [0.717, 1.165) is 12.8 Å². The Balaban J connectivity index is 1.77. The number of ether oxygens (including phenoxy) is 2. The summed E-state index contributed by atoms with van der Waals surface area (Å²) < 4.78 is 11.5. The minimum Gasteiger partial charge on any atom is -0.493 e. The molecule has 0 aromatic carbocycles. The van der Waals surface area contributed by atoms with E-state index >= 15 is 0 Å². The third kappa shape index (κ3) is 2.26. The van der Waals surface area contributed by atoms with E-state index in [1.807, 2.05) is 0 Å². The second-order valence-electron chi connectivity index (χ2n) is 9.82. The highest BCUT2D eigenvalue weighted by Crippen LogP contribution is 2.65. The lowest BCUT2D eigenvalue weighted by Gasteiger charge is -2.63. The molecule has 0 radical (unpaired) electrons. The predicted octanol–water partition coefficient (Wildman–Crippen LogP) is 4.34. The molecule has 0 amide bonds. The molecule has 142 valence electrons. The smallest absolute Gasteiger partial charge is 0.227 e. The molecule has 0 spiro atoms. The average molecular weight is 358 g/mol. The molecule has 0 aromatic rings. The van der Waals surface area contributed by atoms with Gasteiger partial charge in [-0.3, -0.25) is 9.59 Å². The molecule has 4 nitrogen and oxygen atoms in total. The summed E-state index contributed by atoms with van der Waals surface area (Å²) in [5.41, 5.74) is 0.603. The van der Waals surface area contributed by atoms with E-state index < -0.39 is 0 Å². The van der Waals surface area contributed by atoms with Crippen LogP contribution >= 0.6 is 0 Å². The lowest BCUT2D eigenvalue weighted by Crippen LogP contribution is -2.60. The molecule has 0 N–H and O–H groups in total. The Morgan fingerprint density at radius 1 is 1.08 bits per heavy atom. The standard InChI is InChI=1S/C22H30O4/c1-20(2)8-6-9-21(3)16(20)7-10-22(4)17(21)11-13-18(24)15(25-5)12-14(23)19(13)26-22/h12,16-17H,6-11H2,1-5H3/t16-,17-,21+,22+/m1/s1. The average Bonchev–Trinajstić information content (AvgIpc) is 2.56. The van der Waals surface area contributed by atoms with Gasteiger partial charge in [0.25, 0.3) is 0 Å². The van der Waals surface area contributed by atoms with E-state index in [0.29, 0.717) is 23.3 Å². The van der Waals surface area contributed by atoms with E-state index in [2.05, 4.69) is 27.7 Å². The van der Waals surface area contributed by atoms with Crippen molar-refractivity contribution in [1.82, 2.24) is 0 Å². The van der Waals surface area contributed by atoms with Gasteiger partial charge in [0.1, 0.15) is 5.60 Å². The predicted molar refractivity (Wildman–Crippen MR) is 98.2 cm³/mol. The van der Waals surface area contributed by atoms with Gasteiger partial charge in [-0.1, -0.05) is 27.2 Å². The molecule has 0 bridgehead atoms. The van der Waals surface area contributed by atoms with Crippen molar-refractivity contribution in [1.29, 1.82) is 0 Å². The van der Waals surface area contributed by atoms with Gasteiger partial charge in [0, 0.05) is 17.6 Å². The number of hydrogen-bond acceptors (Lipinski definition) is 4. The minimum absolute atomic E-state index is 0.130. The van der Waals surface area contributed by atoms with E-state index in [-0.39, 0.29) is 40.0 Å². The molecule has 4 rings (SSSR count). The normalized spacial score (nSPS) is 41.5. The Kier molecular flexibility index (Phi) is 3.74. The summed E-state index contributed by atoms with van der Waals surface area (Å²) in [4.78, 5) is 25.4. The second-order valence-corrected chi connectivity index (χ2v) is 9.82. The Morgan fingerprint density at radius 3 is 2.50 bits per heavy atom. The van der Waals surface area contributed by atoms with Gasteiger partial charge in [-0.25, -0.2) is 0 Å². The van der Waals surface area contributed by atoms with Crippen LogP contribution < -0.4 is 0 Å². The summed E-state index contributed by atoms with van der Waals surface area (Å²) in [6.07, 6.45) is 7.62. The summed E-state index contributed by atoms with van der Waals surface area (Å²) >= 11 is 0. The first-order valence-electron chi connectivity index (χ1n) is 9.89. The van der Waals surface area contributed by atoms with E-state index in [9.17, 15) is 9.59 Å². The Bertz CT molecular complexity index is 743. The van der Waals surface area contributed by atoms with E-state index in [4.69, 9.17) is 9.47 Å². The van der Waals surface area contributed by atoms with Crippen molar-refractivity contribution in [3.8, 4) is 0 Å². The van der Waals surface area contributed by atoms with Crippen molar-refractivity contribution in [2.45, 2.75) is 71.8 Å². The van der Waals surface area contributed by atoms with Gasteiger partial charge in [0.2, 0.25) is 11.6 Å². The van der Waals surface area contributed by atoms with Gasteiger partial charge in [0.15, 0.2) is 11.5 Å². The van der Waals surface area contributed by atoms with Crippen LogP contribution in [-0.2, 0) is 19.1 Å². The number of fused-ring (bicyclic) bond motifs is 3. The highest BCUT2D eigenvalue weighted by atomic mass is 16.5. The first-order chi connectivity index (χ1) is 12.1. The SMILES string of the molecule is COC1=CC(=O)C2=C(C[C@@H]3[C@@]4(C)CCCC(C)(C)[C@H]4CC[C@]3(C)O2)C1=O. The number of allylic oxidation sites excluding steroid dienone is 2. The molecule has 2 saturated carbocycles. The molecule has 2 fully saturated rings. The van der Waals surface area contributed by atoms with Gasteiger partial charge in [-0.2, -0.15) is 0 Å². The molecule has 4 aliphatic rings. The molecule has 26 heavy (non-hydrogen) atoms. The fraction of sp³-hybridized carbons (Fsp3) is 0.727. The van der Waals surface area contributed by atoms with Crippen molar-refractivity contribution in [2.75, 3.05) is 7.11 Å². The fourth-order valence-corrected chi connectivity index (χ4v) is 6.71. The zero-order valence-corrected chi connectivity index (χ0v) is 16.6. The van der Waals surface area contributed by atoms with Gasteiger partial charge < -0.3 is 9.47 Å². The van der Waals surface area contributed by atoms with Crippen LogP contribution in [0.25, 0.3) is 0 Å². The number of carbonyl (C=O) groups is 2. The number of carbonyl (C=O) groups excluding carboxylic acids is 2. The van der Waals surface area contributed by atoms with Crippen LogP contribution in [-0.4, -0.2) is 24.3 Å². The zero-order valence-electron chi connectivity index (χ0n) is 16.6. The summed E-state index contributed by atoms with van der Waals surface area (Å²) in [5.74, 6) is 0.880. The van der Waals surface area contributed by atoms with Crippen LogP contribution in [0.5, 0.6) is 0 Å². The van der Waals surface area contributed by atoms with Crippen LogP contribution in [0.15, 0.2) is 23.2 Å². The highest BCUT2D eigenvalue weighted by molar-refractivity contribution is 6.21. The van der Waals surface area contributed by atoms with Crippen molar-refractivity contribution in [3.63, 3.8) is 0 Å². The highest BCUT2D eigenvalue weighted by Gasteiger charge is 2.61. The largest absolute Gasteiger partial charge is 0.493 e. The first kappa shape index (κ1) is 17.8. The van der Waals surface area contributed by atoms with Gasteiger partial charge >= 0.3 is 0 Å². The van der Waals surface area contributed by atoms with Crippen molar-refractivity contribution < 1.29 is 19.1 Å². The second kappa shape index (κ2) is 5.46. The van der Waals surface area contributed by atoms with Crippen LogP contribution in [0.1, 0.15) is 66.2 Å². The van der Waals surface area contributed by atoms with Crippen LogP contribution in [0.3, 0.4) is 0 Å². The lowest BCUT2D eigenvalue weighted by molar-refractivity contribution is -0.186. The monoisotopic (exact) mass is 358 g/mol. The summed E-state index contributed by atoms with van der Waals surface area (Å²) in [7, 11) is 1.44. The van der Waals surface area contributed by atoms with Gasteiger partial charge in [-0.15, -0.1) is 0 Å². The molecule has 0 aromatic heterocycles. The van der Waals surface area contributed by atoms with Crippen LogP contribution in [0.2, 0.25) is 0 Å². The summed E-state index contributed by atoms with van der Waals surface area (Å²) in [5, 5.41) is 0. The Labute approximate surface area is 156 Å². The molecular formula is C22H30O4. The molecule has 0 unspecified atom stereocenters. The van der Waals surface area contributed by atoms with Crippen LogP contribution in [0.4, 0.5) is 0 Å². The quantitative estimate of drug-likeness (QED) is 0.654. The molecule has 3 aliphatic carbocycles. The maximum absolute atomic E-state index is 12.8. The fourth-order valence-electron chi connectivity index (χ4n) is 6.71. The third-order valence-corrected chi connectivity index (χ3v) is 7.96. The Hall–Kier alpha value is -1.58. The first-order valence-corrected chi connectivity index (χ1v) is 9.89. The number of Topliss-reactive ketones (excluding diaryl/α,β-unsaturated/α-hetero) is 1. The molecule has 1 aliphatic heterocycles. The number of hydrogen-bond donors (Lipinski definition) is 0. The maximum atomic E-state index is 12.8. The number of ketones is 2. The number of rotatable bonds is 1. The third-order valence-electron chi connectivity index (χ3n) is 7.96. The molecule has 0 saturated heterocycles. The summed E-state index contributed by atoms with van der Waals surface area (Å²) in [6.45, 7) is 9.34. The van der Waals surface area contributed by atoms with Crippen molar-refractivity contribution >= 4 is 11.6 Å². The van der Waals surface area contributed by atoms with E-state index in [1.54, 1.807) is 0 Å². The summed E-state index contributed by atoms with van der Waals surface area (Å²) in [6, 6.07) is 0. The Morgan fingerprint density at radius 2 is 1.81 bits per heavy atom.